The van der Waals surface area contributed by atoms with Gasteiger partial charge in [-0.1, -0.05) is 6.07 Å². The standard InChI is InChI=1S/C22H26N2O4S/c1-3-28-18-7-9-20(10-8-18)29-16-21(25)23-11-13-24(14-12-23)22(26)17-5-4-6-19(15-17)27-2/h4-10,15H,3,11-14,16H2,1-2H3. The summed E-state index contributed by atoms with van der Waals surface area (Å²) >= 11 is 1.52. The van der Waals surface area contributed by atoms with Crippen molar-refractivity contribution >= 4 is 23.6 Å². The Morgan fingerprint density at radius 3 is 2.31 bits per heavy atom. The molecule has 0 radical (unpaired) electrons. The van der Waals surface area contributed by atoms with Gasteiger partial charge in [0.25, 0.3) is 5.91 Å². The molecule has 3 rings (SSSR count). The SMILES string of the molecule is CCOc1ccc(SCC(=O)N2CCN(C(=O)c3cccc(OC)c3)CC2)cc1. The summed E-state index contributed by atoms with van der Waals surface area (Å²) in [6.07, 6.45) is 0. The molecule has 2 aromatic carbocycles. The van der Waals surface area contributed by atoms with Crippen molar-refractivity contribution in [3.05, 3.63) is 54.1 Å². The minimum absolute atomic E-state index is 0.0280. The number of amides is 2. The van der Waals surface area contributed by atoms with Crippen LogP contribution >= 0.6 is 11.8 Å². The number of benzene rings is 2. The van der Waals surface area contributed by atoms with Crippen molar-refractivity contribution in [1.82, 2.24) is 9.80 Å². The van der Waals surface area contributed by atoms with Gasteiger partial charge in [-0.25, -0.2) is 0 Å². The normalized spacial score (nSPS) is 13.9. The average molecular weight is 415 g/mol. The highest BCUT2D eigenvalue weighted by Gasteiger charge is 2.25. The minimum Gasteiger partial charge on any atom is -0.497 e. The number of carbonyl (C=O) groups excluding carboxylic acids is 2. The number of ether oxygens (including phenoxy) is 2. The monoisotopic (exact) mass is 414 g/mol. The number of nitrogens with zero attached hydrogens (tertiary/aromatic N) is 2. The quantitative estimate of drug-likeness (QED) is 0.652. The summed E-state index contributed by atoms with van der Waals surface area (Å²) in [7, 11) is 1.58. The molecule has 7 heteroatoms. The second kappa shape index (κ2) is 10.2. The topological polar surface area (TPSA) is 59.1 Å². The first-order chi connectivity index (χ1) is 14.1. The van der Waals surface area contributed by atoms with Gasteiger partial charge in [-0.05, 0) is 49.4 Å². The molecule has 0 spiro atoms. The first kappa shape index (κ1) is 21.0. The van der Waals surface area contributed by atoms with Crippen LogP contribution < -0.4 is 9.47 Å². The Morgan fingerprint density at radius 2 is 1.66 bits per heavy atom. The third kappa shape index (κ3) is 5.67. The molecule has 0 N–H and O–H groups in total. The molecule has 154 valence electrons. The fourth-order valence-corrected chi connectivity index (χ4v) is 3.93. The molecule has 0 atom stereocenters. The molecule has 0 aliphatic carbocycles. The van der Waals surface area contributed by atoms with Crippen LogP contribution in [0.15, 0.2) is 53.4 Å². The van der Waals surface area contributed by atoms with Gasteiger partial charge in [0.15, 0.2) is 0 Å². The molecule has 1 fully saturated rings. The molecule has 1 aliphatic rings. The van der Waals surface area contributed by atoms with Crippen LogP contribution in [0.25, 0.3) is 0 Å². The molecule has 29 heavy (non-hydrogen) atoms. The molecule has 2 amide bonds. The summed E-state index contributed by atoms with van der Waals surface area (Å²) in [5, 5.41) is 0. The lowest BCUT2D eigenvalue weighted by molar-refractivity contribution is -0.129. The van der Waals surface area contributed by atoms with Crippen LogP contribution in [-0.2, 0) is 4.79 Å². The molecule has 0 aromatic heterocycles. The second-order valence-electron chi connectivity index (χ2n) is 6.60. The smallest absolute Gasteiger partial charge is 0.254 e. The first-order valence-electron chi connectivity index (χ1n) is 9.67. The number of piperazine rings is 1. The highest BCUT2D eigenvalue weighted by molar-refractivity contribution is 8.00. The summed E-state index contributed by atoms with van der Waals surface area (Å²) in [4.78, 5) is 29.9. The first-order valence-corrected chi connectivity index (χ1v) is 10.7. The van der Waals surface area contributed by atoms with E-state index in [4.69, 9.17) is 9.47 Å². The lowest BCUT2D eigenvalue weighted by Crippen LogP contribution is -2.51. The van der Waals surface area contributed by atoms with E-state index < -0.39 is 0 Å². The van der Waals surface area contributed by atoms with Crippen LogP contribution in [0.5, 0.6) is 11.5 Å². The summed E-state index contributed by atoms with van der Waals surface area (Å²) in [5.41, 5.74) is 0.607. The van der Waals surface area contributed by atoms with Gasteiger partial charge >= 0.3 is 0 Å². The molecule has 6 nitrogen and oxygen atoms in total. The summed E-state index contributed by atoms with van der Waals surface area (Å²) in [6.45, 7) is 4.77. The third-order valence-corrected chi connectivity index (χ3v) is 5.73. The van der Waals surface area contributed by atoms with Crippen molar-refractivity contribution in [2.24, 2.45) is 0 Å². The predicted molar refractivity (Wildman–Crippen MR) is 114 cm³/mol. The number of rotatable bonds is 7. The van der Waals surface area contributed by atoms with E-state index in [0.29, 0.717) is 49.9 Å². The Balaban J connectivity index is 1.47. The van der Waals surface area contributed by atoms with E-state index >= 15 is 0 Å². The molecular weight excluding hydrogens is 388 g/mol. The van der Waals surface area contributed by atoms with Crippen molar-refractivity contribution < 1.29 is 19.1 Å². The maximum atomic E-state index is 12.7. The van der Waals surface area contributed by atoms with Crippen molar-refractivity contribution in [3.63, 3.8) is 0 Å². The molecule has 2 aromatic rings. The molecule has 1 saturated heterocycles. The fraction of sp³-hybridized carbons (Fsp3) is 0.364. The van der Waals surface area contributed by atoms with Gasteiger partial charge < -0.3 is 19.3 Å². The highest BCUT2D eigenvalue weighted by atomic mass is 32.2. The zero-order valence-corrected chi connectivity index (χ0v) is 17.6. The number of methoxy groups -OCH3 is 1. The number of thioether (sulfide) groups is 1. The van der Waals surface area contributed by atoms with Crippen LogP contribution in [0.2, 0.25) is 0 Å². The van der Waals surface area contributed by atoms with E-state index in [1.54, 1.807) is 24.1 Å². The molecule has 0 unspecified atom stereocenters. The van der Waals surface area contributed by atoms with E-state index in [9.17, 15) is 9.59 Å². The van der Waals surface area contributed by atoms with Crippen LogP contribution in [0.1, 0.15) is 17.3 Å². The third-order valence-electron chi connectivity index (χ3n) is 4.73. The predicted octanol–water partition coefficient (Wildman–Crippen LogP) is 3.17. The second-order valence-corrected chi connectivity index (χ2v) is 7.65. The van der Waals surface area contributed by atoms with Gasteiger partial charge in [-0.2, -0.15) is 0 Å². The van der Waals surface area contributed by atoms with Crippen molar-refractivity contribution in [3.8, 4) is 11.5 Å². The molecule has 1 aliphatic heterocycles. The Kier molecular flexibility index (Phi) is 7.41. The van der Waals surface area contributed by atoms with E-state index in [2.05, 4.69) is 0 Å². The highest BCUT2D eigenvalue weighted by Crippen LogP contribution is 2.22. The Labute approximate surface area is 175 Å². The summed E-state index contributed by atoms with van der Waals surface area (Å²) in [6, 6.07) is 14.9. The number of hydrogen-bond acceptors (Lipinski definition) is 5. The number of hydrogen-bond donors (Lipinski definition) is 0. The lowest BCUT2D eigenvalue weighted by Gasteiger charge is -2.34. The average Bonchev–Trinajstić information content (AvgIpc) is 2.78. The van der Waals surface area contributed by atoms with Crippen LogP contribution in [0.3, 0.4) is 0 Å². The zero-order chi connectivity index (χ0) is 20.6. The minimum atomic E-state index is -0.0280. The van der Waals surface area contributed by atoms with Gasteiger partial charge in [-0.15, -0.1) is 11.8 Å². The van der Waals surface area contributed by atoms with Crippen molar-refractivity contribution in [2.75, 3.05) is 45.6 Å². The summed E-state index contributed by atoms with van der Waals surface area (Å²) in [5.74, 6) is 1.95. The maximum absolute atomic E-state index is 12.7. The van der Waals surface area contributed by atoms with Crippen LogP contribution in [0.4, 0.5) is 0 Å². The maximum Gasteiger partial charge on any atom is 0.254 e. The lowest BCUT2D eigenvalue weighted by atomic mass is 10.1. The fourth-order valence-electron chi connectivity index (χ4n) is 3.13. The van der Waals surface area contributed by atoms with Gasteiger partial charge in [0.1, 0.15) is 11.5 Å². The Bertz CT molecular complexity index is 833. The van der Waals surface area contributed by atoms with E-state index in [0.717, 1.165) is 10.6 Å². The Hall–Kier alpha value is -2.67. The van der Waals surface area contributed by atoms with Crippen LogP contribution in [-0.4, -0.2) is 67.3 Å². The molecule has 1 heterocycles. The van der Waals surface area contributed by atoms with Crippen LogP contribution in [0, 0.1) is 0 Å². The van der Waals surface area contributed by atoms with Crippen molar-refractivity contribution in [2.45, 2.75) is 11.8 Å². The molecule has 0 saturated carbocycles. The molecular formula is C22H26N2O4S. The zero-order valence-electron chi connectivity index (χ0n) is 16.8. The van der Waals surface area contributed by atoms with Gasteiger partial charge in [0.05, 0.1) is 19.5 Å². The summed E-state index contributed by atoms with van der Waals surface area (Å²) < 4.78 is 10.6. The largest absolute Gasteiger partial charge is 0.497 e. The van der Waals surface area contributed by atoms with Crippen molar-refractivity contribution in [1.29, 1.82) is 0 Å². The number of carbonyl (C=O) groups is 2. The van der Waals surface area contributed by atoms with Gasteiger partial charge in [-0.3, -0.25) is 9.59 Å². The Morgan fingerprint density at radius 1 is 0.966 bits per heavy atom. The van der Waals surface area contributed by atoms with Gasteiger partial charge in [0.2, 0.25) is 5.91 Å². The van der Waals surface area contributed by atoms with Gasteiger partial charge in [0, 0.05) is 36.6 Å². The van der Waals surface area contributed by atoms with E-state index in [1.807, 2.05) is 48.2 Å². The van der Waals surface area contributed by atoms with E-state index in [-0.39, 0.29) is 11.8 Å². The molecule has 0 bridgehead atoms. The van der Waals surface area contributed by atoms with E-state index in [1.165, 1.54) is 11.8 Å².